The van der Waals surface area contributed by atoms with Gasteiger partial charge in [-0.1, -0.05) is 0 Å². The third-order valence-electron chi connectivity index (χ3n) is 6.45. The number of aliphatic hydroxyl groups excluding tert-OH is 1. The van der Waals surface area contributed by atoms with Crippen LogP contribution in [0.1, 0.15) is 49.9 Å². The van der Waals surface area contributed by atoms with Crippen molar-refractivity contribution >= 4 is 0 Å². The Kier molecular flexibility index (Phi) is 3.77. The topological polar surface area (TPSA) is 52.2 Å². The van der Waals surface area contributed by atoms with E-state index in [1.54, 1.807) is 6.33 Å². The molecule has 0 spiro atoms. The summed E-state index contributed by atoms with van der Waals surface area (Å²) in [5, 5.41) is 9.48. The summed E-state index contributed by atoms with van der Waals surface area (Å²) in [6.07, 6.45) is 10.6. The number of hydrogen-bond donors (Lipinski definition) is 2. The second kappa shape index (κ2) is 5.64. The molecule has 1 heterocycles. The molecule has 4 saturated carbocycles. The van der Waals surface area contributed by atoms with Gasteiger partial charge in [0.25, 0.3) is 0 Å². The van der Waals surface area contributed by atoms with Crippen LogP contribution in [-0.2, 0) is 6.54 Å². The summed E-state index contributed by atoms with van der Waals surface area (Å²) in [4.78, 5) is 10.1. The first-order valence-electron chi connectivity index (χ1n) is 8.98. The van der Waals surface area contributed by atoms with Crippen LogP contribution < -0.4 is 0 Å². The summed E-state index contributed by atoms with van der Waals surface area (Å²) in [7, 11) is 0. The summed E-state index contributed by atoms with van der Waals surface area (Å²) in [6.45, 7) is 5.13. The lowest BCUT2D eigenvalue weighted by atomic mass is 9.49. The van der Waals surface area contributed by atoms with Crippen LogP contribution in [-0.4, -0.2) is 39.7 Å². The van der Waals surface area contributed by atoms with Crippen molar-refractivity contribution < 1.29 is 5.11 Å². The van der Waals surface area contributed by atoms with Crippen LogP contribution in [0.15, 0.2) is 6.33 Å². The maximum atomic E-state index is 9.48. The zero-order chi connectivity index (χ0) is 15.2. The Balaban J connectivity index is 1.48. The number of nitrogens with zero attached hydrogens (tertiary/aromatic N) is 2. The van der Waals surface area contributed by atoms with E-state index in [1.165, 1.54) is 38.5 Å². The van der Waals surface area contributed by atoms with E-state index in [9.17, 15) is 5.11 Å². The second-order valence-corrected chi connectivity index (χ2v) is 8.33. The zero-order valence-electron chi connectivity index (χ0n) is 13.7. The number of rotatable bonds is 6. The molecule has 4 aliphatic rings. The normalized spacial score (nSPS) is 36.4. The molecule has 122 valence electrons. The lowest BCUT2D eigenvalue weighted by molar-refractivity contribution is -0.0715. The van der Waals surface area contributed by atoms with Crippen molar-refractivity contribution in [3.05, 3.63) is 17.7 Å². The average molecular weight is 303 g/mol. The highest BCUT2D eigenvalue weighted by Crippen LogP contribution is 2.60. The van der Waals surface area contributed by atoms with Crippen molar-refractivity contribution in [2.75, 3.05) is 19.7 Å². The average Bonchev–Trinajstić information content (AvgIpc) is 2.82. The van der Waals surface area contributed by atoms with Gasteiger partial charge in [-0.3, -0.25) is 4.90 Å². The van der Waals surface area contributed by atoms with Gasteiger partial charge in [-0.2, -0.15) is 0 Å². The minimum atomic E-state index is 0.246. The quantitative estimate of drug-likeness (QED) is 0.849. The minimum absolute atomic E-state index is 0.246. The first kappa shape index (κ1) is 14.7. The van der Waals surface area contributed by atoms with E-state index >= 15 is 0 Å². The van der Waals surface area contributed by atoms with Gasteiger partial charge in [0.2, 0.25) is 0 Å². The van der Waals surface area contributed by atoms with Gasteiger partial charge in [0, 0.05) is 25.3 Å². The van der Waals surface area contributed by atoms with Crippen LogP contribution in [0, 0.1) is 30.1 Å². The van der Waals surface area contributed by atoms with E-state index in [4.69, 9.17) is 0 Å². The van der Waals surface area contributed by atoms with E-state index in [0.717, 1.165) is 48.8 Å². The molecule has 0 atom stereocenters. The fourth-order valence-electron chi connectivity index (χ4n) is 6.07. The molecule has 4 heteroatoms. The van der Waals surface area contributed by atoms with Gasteiger partial charge in [0.1, 0.15) is 0 Å². The molecule has 0 saturated heterocycles. The molecular weight excluding hydrogens is 274 g/mol. The minimum Gasteiger partial charge on any atom is -0.395 e. The highest BCUT2D eigenvalue weighted by Gasteiger charge is 2.51. The Morgan fingerprint density at radius 3 is 2.36 bits per heavy atom. The Morgan fingerprint density at radius 2 is 1.86 bits per heavy atom. The van der Waals surface area contributed by atoms with Crippen molar-refractivity contribution in [1.82, 2.24) is 14.9 Å². The van der Waals surface area contributed by atoms with Crippen molar-refractivity contribution in [3.63, 3.8) is 0 Å². The third kappa shape index (κ3) is 2.71. The lowest BCUT2D eigenvalue weighted by Crippen LogP contribution is -2.51. The van der Waals surface area contributed by atoms with Gasteiger partial charge < -0.3 is 10.1 Å². The van der Waals surface area contributed by atoms with Gasteiger partial charge in [-0.25, -0.2) is 4.98 Å². The zero-order valence-corrected chi connectivity index (χ0v) is 13.7. The molecule has 0 amide bonds. The molecule has 0 aromatic carbocycles. The molecule has 2 N–H and O–H groups in total. The monoisotopic (exact) mass is 303 g/mol. The highest BCUT2D eigenvalue weighted by atomic mass is 16.3. The molecule has 1 aromatic heterocycles. The molecule has 1 aromatic rings. The van der Waals surface area contributed by atoms with E-state index in [1.807, 2.05) is 0 Å². The fourth-order valence-corrected chi connectivity index (χ4v) is 6.07. The van der Waals surface area contributed by atoms with Crippen molar-refractivity contribution in [1.29, 1.82) is 0 Å². The molecular formula is C18H29N3O. The number of hydrogen-bond acceptors (Lipinski definition) is 3. The summed E-state index contributed by atoms with van der Waals surface area (Å²) in [6, 6.07) is 0. The summed E-state index contributed by atoms with van der Waals surface area (Å²) in [5.74, 6) is 2.98. The lowest BCUT2D eigenvalue weighted by Gasteiger charge is -2.58. The summed E-state index contributed by atoms with van der Waals surface area (Å²) >= 11 is 0. The molecule has 4 aliphatic carbocycles. The SMILES string of the molecule is Cc1[nH]cnc1CN(CCO)CC12CC3CC(CC(C3)C1)C2. The standard InChI is InChI=1S/C18H29N3O/c1-13-17(20-12-19-13)10-21(2-3-22)11-18-7-14-4-15(8-18)6-16(5-14)9-18/h12,14-16,22H,2-11H2,1H3,(H,19,20). The van der Waals surface area contributed by atoms with E-state index in [2.05, 4.69) is 21.8 Å². The number of aryl methyl sites for hydroxylation is 1. The summed E-state index contributed by atoms with van der Waals surface area (Å²) < 4.78 is 0. The highest BCUT2D eigenvalue weighted by molar-refractivity contribution is 5.09. The van der Waals surface area contributed by atoms with Gasteiger partial charge in [-0.05, 0) is 68.6 Å². The second-order valence-electron chi connectivity index (χ2n) is 8.33. The maximum Gasteiger partial charge on any atom is 0.0925 e. The van der Waals surface area contributed by atoms with Crippen LogP contribution >= 0.6 is 0 Å². The number of aromatic amines is 1. The fraction of sp³-hybridized carbons (Fsp3) is 0.833. The van der Waals surface area contributed by atoms with E-state index < -0.39 is 0 Å². The molecule has 4 nitrogen and oxygen atoms in total. The smallest absolute Gasteiger partial charge is 0.0925 e. The van der Waals surface area contributed by atoms with Gasteiger partial charge in [0.05, 0.1) is 18.6 Å². The number of H-pyrrole nitrogens is 1. The predicted octanol–water partition coefficient (Wildman–Crippen LogP) is 2.73. The van der Waals surface area contributed by atoms with Crippen LogP contribution in [0.25, 0.3) is 0 Å². The van der Waals surface area contributed by atoms with Gasteiger partial charge in [-0.15, -0.1) is 0 Å². The van der Waals surface area contributed by atoms with Crippen molar-refractivity contribution in [2.24, 2.45) is 23.2 Å². The molecule has 4 bridgehead atoms. The Hall–Kier alpha value is -0.870. The Labute approximate surface area is 133 Å². The first-order valence-corrected chi connectivity index (χ1v) is 8.98. The van der Waals surface area contributed by atoms with Crippen molar-refractivity contribution in [3.8, 4) is 0 Å². The van der Waals surface area contributed by atoms with Crippen LogP contribution in [0.3, 0.4) is 0 Å². The van der Waals surface area contributed by atoms with Gasteiger partial charge >= 0.3 is 0 Å². The first-order chi connectivity index (χ1) is 10.7. The van der Waals surface area contributed by atoms with Crippen LogP contribution in [0.5, 0.6) is 0 Å². The molecule has 0 radical (unpaired) electrons. The van der Waals surface area contributed by atoms with Crippen LogP contribution in [0.2, 0.25) is 0 Å². The van der Waals surface area contributed by atoms with Crippen molar-refractivity contribution in [2.45, 2.75) is 52.0 Å². The number of imidazole rings is 1. The third-order valence-corrected chi connectivity index (χ3v) is 6.45. The molecule has 5 rings (SSSR count). The molecule has 4 fully saturated rings. The number of aliphatic hydroxyl groups is 1. The number of aromatic nitrogens is 2. The van der Waals surface area contributed by atoms with Crippen LogP contribution in [0.4, 0.5) is 0 Å². The van der Waals surface area contributed by atoms with Gasteiger partial charge in [0.15, 0.2) is 0 Å². The molecule has 22 heavy (non-hydrogen) atoms. The summed E-state index contributed by atoms with van der Waals surface area (Å²) in [5.41, 5.74) is 2.83. The molecule has 0 aliphatic heterocycles. The Morgan fingerprint density at radius 1 is 1.23 bits per heavy atom. The largest absolute Gasteiger partial charge is 0.395 e. The maximum absolute atomic E-state index is 9.48. The predicted molar refractivity (Wildman–Crippen MR) is 86.3 cm³/mol. The molecule has 0 unspecified atom stereocenters. The van der Waals surface area contributed by atoms with E-state index in [0.29, 0.717) is 5.41 Å². The number of nitrogens with one attached hydrogen (secondary N) is 1. The van der Waals surface area contributed by atoms with E-state index in [-0.39, 0.29) is 6.61 Å². The Bertz CT molecular complexity index is 489.